The second-order valence-corrected chi connectivity index (χ2v) is 7.84. The van der Waals surface area contributed by atoms with E-state index in [-0.39, 0.29) is 17.3 Å². The summed E-state index contributed by atoms with van der Waals surface area (Å²) in [4.78, 5) is 12.0. The molecule has 118 valence electrons. The second kappa shape index (κ2) is 7.41. The van der Waals surface area contributed by atoms with Crippen LogP contribution in [0.3, 0.4) is 0 Å². The third-order valence-electron chi connectivity index (χ3n) is 2.72. The van der Waals surface area contributed by atoms with Gasteiger partial charge in [0.15, 0.2) is 9.84 Å². The lowest BCUT2D eigenvalue weighted by molar-refractivity contribution is -0.141. The number of ether oxygens (including phenoxy) is 1. The van der Waals surface area contributed by atoms with Crippen molar-refractivity contribution in [2.45, 2.75) is 22.1 Å². The summed E-state index contributed by atoms with van der Waals surface area (Å²) in [5.74, 6) is -0.736. The molecule has 0 saturated carbocycles. The van der Waals surface area contributed by atoms with Gasteiger partial charge in [-0.25, -0.2) is 8.42 Å². The van der Waals surface area contributed by atoms with E-state index in [9.17, 15) is 13.2 Å². The fourth-order valence-electron chi connectivity index (χ4n) is 1.59. The monoisotopic (exact) mass is 341 g/mol. The summed E-state index contributed by atoms with van der Waals surface area (Å²) in [5, 5.41) is 9.97. The van der Waals surface area contributed by atoms with Gasteiger partial charge >= 0.3 is 5.97 Å². The minimum atomic E-state index is -3.44. The quantitative estimate of drug-likeness (QED) is 0.598. The number of H-pyrrole nitrogens is 1. The van der Waals surface area contributed by atoms with Crippen LogP contribution in [-0.4, -0.2) is 47.4 Å². The first kappa shape index (κ1) is 16.5. The minimum Gasteiger partial charge on any atom is -0.464 e. The molecule has 0 aliphatic heterocycles. The molecule has 0 saturated heterocycles. The number of sulfone groups is 1. The average Bonchev–Trinajstić information content (AvgIpc) is 3.00. The summed E-state index contributed by atoms with van der Waals surface area (Å²) in [5.41, 5.74) is 0. The largest absolute Gasteiger partial charge is 0.464 e. The molecule has 22 heavy (non-hydrogen) atoms. The van der Waals surface area contributed by atoms with Gasteiger partial charge in [-0.1, -0.05) is 30.0 Å². The fraction of sp³-hybridized carbons (Fsp3) is 0.308. The Morgan fingerprint density at radius 2 is 2.09 bits per heavy atom. The fourth-order valence-corrected chi connectivity index (χ4v) is 3.44. The van der Waals surface area contributed by atoms with Crippen molar-refractivity contribution in [3.8, 4) is 0 Å². The smallest absolute Gasteiger partial charge is 0.319 e. The molecule has 1 aromatic carbocycles. The van der Waals surface area contributed by atoms with Gasteiger partial charge in [-0.2, -0.15) is 10.3 Å². The van der Waals surface area contributed by atoms with E-state index in [0.29, 0.717) is 5.03 Å². The Kier molecular flexibility index (Phi) is 5.56. The van der Waals surface area contributed by atoms with Crippen LogP contribution >= 0.6 is 11.8 Å². The highest BCUT2D eigenvalue weighted by atomic mass is 32.2. The standard InChI is InChI=1S/C13H15N3O4S2/c1-10(21-12-9-14-16-15-12)13(17)20-7-8-22(18,19)11-5-3-2-4-6-11/h2-6,9-10H,7-8H2,1H3,(H,14,15,16). The first-order valence-electron chi connectivity index (χ1n) is 6.46. The van der Waals surface area contributed by atoms with Crippen LogP contribution in [-0.2, 0) is 19.4 Å². The van der Waals surface area contributed by atoms with Gasteiger partial charge in [0.05, 0.1) is 16.8 Å². The van der Waals surface area contributed by atoms with Gasteiger partial charge in [-0.3, -0.25) is 4.79 Å². The highest BCUT2D eigenvalue weighted by molar-refractivity contribution is 8.00. The lowest BCUT2D eigenvalue weighted by Crippen LogP contribution is -2.21. The zero-order valence-electron chi connectivity index (χ0n) is 11.8. The highest BCUT2D eigenvalue weighted by Crippen LogP contribution is 2.20. The van der Waals surface area contributed by atoms with E-state index in [0.717, 1.165) is 0 Å². The molecule has 1 aromatic heterocycles. The van der Waals surface area contributed by atoms with E-state index >= 15 is 0 Å². The van der Waals surface area contributed by atoms with Gasteiger partial charge in [0.1, 0.15) is 16.9 Å². The van der Waals surface area contributed by atoms with E-state index in [1.807, 2.05) is 0 Å². The maximum atomic E-state index is 12.0. The van der Waals surface area contributed by atoms with Gasteiger partial charge in [-0.15, -0.1) is 5.10 Å². The number of thioether (sulfide) groups is 1. The Balaban J connectivity index is 1.81. The number of carbonyl (C=O) groups is 1. The molecule has 1 atom stereocenters. The van der Waals surface area contributed by atoms with Gasteiger partial charge < -0.3 is 4.74 Å². The number of nitrogens with zero attached hydrogens (tertiary/aromatic N) is 2. The molecule has 0 spiro atoms. The van der Waals surface area contributed by atoms with Crippen LogP contribution in [0, 0.1) is 0 Å². The molecule has 0 aliphatic carbocycles. The van der Waals surface area contributed by atoms with E-state index in [1.54, 1.807) is 25.1 Å². The van der Waals surface area contributed by atoms with Gasteiger partial charge in [0, 0.05) is 0 Å². The third-order valence-corrected chi connectivity index (χ3v) is 5.40. The van der Waals surface area contributed by atoms with Crippen molar-refractivity contribution in [1.82, 2.24) is 15.4 Å². The van der Waals surface area contributed by atoms with Crippen LogP contribution < -0.4 is 0 Å². The van der Waals surface area contributed by atoms with Gasteiger partial charge in [-0.05, 0) is 19.1 Å². The van der Waals surface area contributed by atoms with E-state index in [4.69, 9.17) is 4.74 Å². The second-order valence-electron chi connectivity index (χ2n) is 4.37. The van der Waals surface area contributed by atoms with Crippen LogP contribution in [0.4, 0.5) is 0 Å². The lowest BCUT2D eigenvalue weighted by atomic mass is 10.4. The van der Waals surface area contributed by atoms with Crippen molar-refractivity contribution in [2.24, 2.45) is 0 Å². The van der Waals surface area contributed by atoms with Crippen LogP contribution in [0.15, 0.2) is 46.5 Å². The summed E-state index contributed by atoms with van der Waals surface area (Å²) < 4.78 is 29.1. The zero-order valence-corrected chi connectivity index (χ0v) is 13.4. The predicted octanol–water partition coefficient (Wildman–Crippen LogP) is 1.30. The number of aromatic amines is 1. The number of rotatable bonds is 7. The van der Waals surface area contributed by atoms with E-state index < -0.39 is 21.1 Å². The van der Waals surface area contributed by atoms with Crippen molar-refractivity contribution in [3.05, 3.63) is 36.5 Å². The molecule has 0 amide bonds. The Hall–Kier alpha value is -1.87. The molecule has 7 nitrogen and oxygen atoms in total. The maximum absolute atomic E-state index is 12.0. The van der Waals surface area contributed by atoms with Gasteiger partial charge in [0.25, 0.3) is 0 Å². The first-order valence-corrected chi connectivity index (χ1v) is 8.99. The summed E-state index contributed by atoms with van der Waals surface area (Å²) in [6.45, 7) is 1.48. The topological polar surface area (TPSA) is 102 Å². The number of benzene rings is 1. The number of hydrogen-bond acceptors (Lipinski definition) is 7. The van der Waals surface area contributed by atoms with Crippen molar-refractivity contribution in [1.29, 1.82) is 0 Å². The molecule has 1 unspecified atom stereocenters. The number of nitrogens with one attached hydrogen (secondary N) is 1. The predicted molar refractivity (Wildman–Crippen MR) is 81.2 cm³/mol. The van der Waals surface area contributed by atoms with Crippen molar-refractivity contribution in [3.63, 3.8) is 0 Å². The summed E-state index contributed by atoms with van der Waals surface area (Å²) in [7, 11) is -3.44. The molecule has 0 fully saturated rings. The van der Waals surface area contributed by atoms with E-state index in [2.05, 4.69) is 15.4 Å². The van der Waals surface area contributed by atoms with Gasteiger partial charge in [0.2, 0.25) is 0 Å². The summed E-state index contributed by atoms with van der Waals surface area (Å²) >= 11 is 1.18. The van der Waals surface area contributed by atoms with Crippen LogP contribution in [0.2, 0.25) is 0 Å². The van der Waals surface area contributed by atoms with E-state index in [1.165, 1.54) is 30.1 Å². The Morgan fingerprint density at radius 1 is 1.36 bits per heavy atom. The van der Waals surface area contributed by atoms with Crippen LogP contribution in [0.1, 0.15) is 6.92 Å². The molecule has 1 heterocycles. The molecule has 2 rings (SSSR count). The normalized spacial score (nSPS) is 12.8. The van der Waals surface area contributed by atoms with Crippen molar-refractivity contribution in [2.75, 3.05) is 12.4 Å². The lowest BCUT2D eigenvalue weighted by Gasteiger charge is -2.10. The number of hydrogen-bond donors (Lipinski definition) is 1. The number of aromatic nitrogens is 3. The van der Waals surface area contributed by atoms with Crippen molar-refractivity contribution >= 4 is 27.6 Å². The molecular weight excluding hydrogens is 326 g/mol. The SMILES string of the molecule is CC(Sc1cn[nH]n1)C(=O)OCCS(=O)(=O)c1ccccc1. The average molecular weight is 341 g/mol. The summed E-state index contributed by atoms with van der Waals surface area (Å²) in [6, 6.07) is 8.06. The Labute approximate surface area is 132 Å². The zero-order chi connectivity index (χ0) is 16.0. The highest BCUT2D eigenvalue weighted by Gasteiger charge is 2.19. The molecule has 9 heteroatoms. The Bertz CT molecular complexity index is 702. The van der Waals surface area contributed by atoms with Crippen molar-refractivity contribution < 1.29 is 17.9 Å². The number of esters is 1. The first-order chi connectivity index (χ1) is 10.5. The summed E-state index contributed by atoms with van der Waals surface area (Å²) in [6.07, 6.45) is 1.49. The minimum absolute atomic E-state index is 0.181. The Morgan fingerprint density at radius 3 is 2.73 bits per heavy atom. The molecular formula is C13H15N3O4S2. The molecule has 2 aromatic rings. The third kappa shape index (κ3) is 4.57. The van der Waals surface area contributed by atoms with Crippen LogP contribution in [0.25, 0.3) is 0 Å². The molecule has 0 aliphatic rings. The molecule has 0 bridgehead atoms. The molecule has 0 radical (unpaired) electrons. The maximum Gasteiger partial charge on any atom is 0.319 e. The molecule has 1 N–H and O–H groups in total. The number of carbonyl (C=O) groups excluding carboxylic acids is 1. The van der Waals surface area contributed by atoms with Crippen LogP contribution in [0.5, 0.6) is 0 Å².